The van der Waals surface area contributed by atoms with Gasteiger partial charge in [-0.25, -0.2) is 28.2 Å². The monoisotopic (exact) mass is 499 g/mol. The minimum Gasteiger partial charge on any atom is -0.441 e. The van der Waals surface area contributed by atoms with Gasteiger partial charge in [-0.1, -0.05) is 42.5 Å². The molecule has 1 aromatic heterocycles. The Balaban J connectivity index is 1.35. The van der Waals surface area contributed by atoms with Crippen LogP contribution >= 0.6 is 0 Å². The third-order valence-corrected chi connectivity index (χ3v) is 7.91. The standard InChI is InChI=1S/C24H25N3O7S/c28-11-13-33-24(29)27(20-14-18(20)23-25-19-8-4-5-9-21(19)34-23)26-10-12-32-22(15-26)35(30,31)16-17-6-2-1-3-7-17/h1-9,11,18,20,22H,10,12-16H2. The van der Waals surface area contributed by atoms with E-state index in [2.05, 4.69) is 4.98 Å². The smallest absolute Gasteiger partial charge is 0.425 e. The maximum Gasteiger partial charge on any atom is 0.425 e. The number of aromatic nitrogens is 1. The van der Waals surface area contributed by atoms with Gasteiger partial charge in [-0.05, 0) is 24.1 Å². The van der Waals surface area contributed by atoms with Crippen molar-refractivity contribution < 1.29 is 31.9 Å². The van der Waals surface area contributed by atoms with E-state index in [-0.39, 0.29) is 30.9 Å². The normalized spacial score (nSPS) is 22.6. The van der Waals surface area contributed by atoms with Crippen molar-refractivity contribution in [1.29, 1.82) is 0 Å². The number of morpholine rings is 1. The molecular weight excluding hydrogens is 474 g/mol. The zero-order valence-electron chi connectivity index (χ0n) is 18.9. The molecule has 3 atom stereocenters. The molecule has 35 heavy (non-hydrogen) atoms. The molecular formula is C24H25N3O7S. The van der Waals surface area contributed by atoms with Gasteiger partial charge in [-0.2, -0.15) is 0 Å². The number of carbonyl (C=O) groups excluding carboxylic acids is 2. The molecule has 11 heteroatoms. The van der Waals surface area contributed by atoms with Crippen LogP contribution in [0.5, 0.6) is 0 Å². The van der Waals surface area contributed by atoms with Gasteiger partial charge >= 0.3 is 6.09 Å². The maximum atomic E-state index is 13.1. The van der Waals surface area contributed by atoms with Gasteiger partial charge in [0.2, 0.25) is 5.89 Å². The summed E-state index contributed by atoms with van der Waals surface area (Å²) in [6.45, 7) is -0.0153. The Labute approximate surface area is 202 Å². The largest absolute Gasteiger partial charge is 0.441 e. The van der Waals surface area contributed by atoms with Crippen LogP contribution in [0, 0.1) is 0 Å². The number of oxazole rings is 1. The highest BCUT2D eigenvalue weighted by Gasteiger charge is 2.52. The molecule has 2 heterocycles. The first-order chi connectivity index (χ1) is 17.0. The number of carbonyl (C=O) groups is 2. The van der Waals surface area contributed by atoms with Gasteiger partial charge in [-0.15, -0.1) is 0 Å². The van der Waals surface area contributed by atoms with E-state index >= 15 is 0 Å². The Morgan fingerprint density at radius 2 is 1.94 bits per heavy atom. The van der Waals surface area contributed by atoms with Gasteiger partial charge in [0.15, 0.2) is 27.1 Å². The van der Waals surface area contributed by atoms with Gasteiger partial charge in [-0.3, -0.25) is 4.79 Å². The van der Waals surface area contributed by atoms with Crippen molar-refractivity contribution in [3.05, 3.63) is 66.1 Å². The number of hydrogen-bond acceptors (Lipinski definition) is 9. The molecule has 0 radical (unpaired) electrons. The zero-order chi connectivity index (χ0) is 24.4. The molecule has 0 bridgehead atoms. The average molecular weight is 500 g/mol. The minimum absolute atomic E-state index is 0.0395. The van der Waals surface area contributed by atoms with Gasteiger partial charge in [0, 0.05) is 6.54 Å². The molecule has 2 aliphatic rings. The van der Waals surface area contributed by atoms with Crippen LogP contribution in [0.15, 0.2) is 59.0 Å². The SMILES string of the molecule is O=CCOC(=O)N(C1CC1c1nc2ccccc2o1)N1CCOC(S(=O)(=O)Cc2ccccc2)C1. The summed E-state index contributed by atoms with van der Waals surface area (Å²) in [5.74, 6) is 0.163. The molecule has 1 aliphatic carbocycles. The number of para-hydroxylation sites is 2. The first kappa shape index (κ1) is 23.5. The number of ether oxygens (including phenoxy) is 2. The predicted octanol–water partition coefficient (Wildman–Crippen LogP) is 2.51. The number of benzene rings is 2. The summed E-state index contributed by atoms with van der Waals surface area (Å²) in [7, 11) is -3.66. The summed E-state index contributed by atoms with van der Waals surface area (Å²) in [4.78, 5) is 28.3. The number of hydrogen-bond donors (Lipinski definition) is 0. The van der Waals surface area contributed by atoms with Crippen LogP contribution < -0.4 is 0 Å². The highest BCUT2D eigenvalue weighted by molar-refractivity contribution is 7.91. The maximum absolute atomic E-state index is 13.1. The van der Waals surface area contributed by atoms with Crippen molar-refractivity contribution in [1.82, 2.24) is 15.0 Å². The summed E-state index contributed by atoms with van der Waals surface area (Å²) >= 11 is 0. The second-order valence-corrected chi connectivity index (χ2v) is 10.7. The molecule has 1 saturated heterocycles. The lowest BCUT2D eigenvalue weighted by atomic mass is 10.2. The first-order valence-corrected chi connectivity index (χ1v) is 13.0. The summed E-state index contributed by atoms with van der Waals surface area (Å²) in [6.07, 6.45) is 0.344. The number of amides is 1. The number of rotatable bonds is 8. The van der Waals surface area contributed by atoms with E-state index in [0.29, 0.717) is 36.3 Å². The highest BCUT2D eigenvalue weighted by atomic mass is 32.2. The zero-order valence-corrected chi connectivity index (χ0v) is 19.7. The van der Waals surface area contributed by atoms with Crippen LogP contribution in [0.25, 0.3) is 11.1 Å². The molecule has 3 aromatic rings. The second kappa shape index (κ2) is 9.76. The summed E-state index contributed by atoms with van der Waals surface area (Å²) in [6, 6.07) is 15.9. The number of nitrogens with zero attached hydrogens (tertiary/aromatic N) is 3. The van der Waals surface area contributed by atoms with Crippen molar-refractivity contribution in [2.24, 2.45) is 0 Å². The predicted molar refractivity (Wildman–Crippen MR) is 125 cm³/mol. The Hall–Kier alpha value is -3.28. The van der Waals surface area contributed by atoms with E-state index in [4.69, 9.17) is 13.9 Å². The van der Waals surface area contributed by atoms with Crippen molar-refractivity contribution >= 4 is 33.3 Å². The van der Waals surface area contributed by atoms with Gasteiger partial charge < -0.3 is 13.9 Å². The molecule has 5 rings (SSSR count). The fourth-order valence-corrected chi connectivity index (χ4v) is 5.86. The fraction of sp³-hybridized carbons (Fsp3) is 0.375. The quantitative estimate of drug-likeness (QED) is 0.431. The molecule has 2 aromatic carbocycles. The number of hydrazine groups is 1. The second-order valence-electron chi connectivity index (χ2n) is 8.52. The third kappa shape index (κ3) is 5.07. The molecule has 10 nitrogen and oxygen atoms in total. The van der Waals surface area contributed by atoms with Gasteiger partial charge in [0.25, 0.3) is 0 Å². The van der Waals surface area contributed by atoms with Crippen molar-refractivity contribution in [3.8, 4) is 0 Å². The molecule has 0 N–H and O–H groups in total. The van der Waals surface area contributed by atoms with Crippen LogP contribution in [0.2, 0.25) is 0 Å². The Bertz CT molecular complexity index is 1280. The highest BCUT2D eigenvalue weighted by Crippen LogP contribution is 2.46. The average Bonchev–Trinajstić information content (AvgIpc) is 3.52. The number of fused-ring (bicyclic) bond motifs is 1. The third-order valence-electron chi connectivity index (χ3n) is 6.09. The van der Waals surface area contributed by atoms with Crippen LogP contribution in [0.1, 0.15) is 23.8 Å². The van der Waals surface area contributed by atoms with Crippen molar-refractivity contribution in [3.63, 3.8) is 0 Å². The van der Waals surface area contributed by atoms with Crippen LogP contribution in [0.3, 0.4) is 0 Å². The topological polar surface area (TPSA) is 119 Å². The molecule has 2 fully saturated rings. The number of aldehydes is 1. The summed E-state index contributed by atoms with van der Waals surface area (Å²) in [5.41, 5.74) is 0.927. The van der Waals surface area contributed by atoms with E-state index in [1.165, 1.54) is 5.01 Å². The van der Waals surface area contributed by atoms with Crippen LogP contribution in [0.4, 0.5) is 4.79 Å². The Morgan fingerprint density at radius 3 is 2.71 bits per heavy atom. The van der Waals surface area contributed by atoms with E-state index in [1.807, 2.05) is 30.3 Å². The van der Waals surface area contributed by atoms with Crippen LogP contribution in [-0.2, 0) is 29.9 Å². The molecule has 1 amide bonds. The lowest BCUT2D eigenvalue weighted by Crippen LogP contribution is -2.57. The lowest BCUT2D eigenvalue weighted by molar-refractivity contribution is -0.114. The van der Waals surface area contributed by atoms with Crippen LogP contribution in [-0.4, -0.2) is 73.6 Å². The van der Waals surface area contributed by atoms with E-state index in [0.717, 1.165) is 5.52 Å². The Morgan fingerprint density at radius 1 is 1.17 bits per heavy atom. The summed E-state index contributed by atoms with van der Waals surface area (Å²) < 4.78 is 42.7. The molecule has 1 aliphatic heterocycles. The molecule has 1 saturated carbocycles. The minimum atomic E-state index is -3.66. The van der Waals surface area contributed by atoms with E-state index in [9.17, 15) is 18.0 Å². The lowest BCUT2D eigenvalue weighted by Gasteiger charge is -2.39. The molecule has 0 spiro atoms. The van der Waals surface area contributed by atoms with Gasteiger partial charge in [0.1, 0.15) is 12.1 Å². The Kier molecular flexibility index (Phi) is 6.54. The van der Waals surface area contributed by atoms with Crippen molar-refractivity contribution in [2.45, 2.75) is 29.6 Å². The first-order valence-electron chi connectivity index (χ1n) is 11.3. The molecule has 184 valence electrons. The van der Waals surface area contributed by atoms with E-state index in [1.54, 1.807) is 29.3 Å². The van der Waals surface area contributed by atoms with E-state index < -0.39 is 28.0 Å². The number of sulfone groups is 1. The van der Waals surface area contributed by atoms with Crippen molar-refractivity contribution in [2.75, 3.05) is 26.3 Å². The summed E-state index contributed by atoms with van der Waals surface area (Å²) in [5, 5.41) is 3.04. The van der Waals surface area contributed by atoms with Gasteiger partial charge in [0.05, 0.1) is 30.9 Å². The molecule has 3 unspecified atom stereocenters. The fourth-order valence-electron chi connectivity index (χ4n) is 4.32.